The molecule has 1 atom stereocenters. The first kappa shape index (κ1) is 15.7. The number of carbonyl (C=O) groups excluding carboxylic acids is 1. The minimum absolute atomic E-state index is 0.0478. The van der Waals surface area contributed by atoms with E-state index in [0.717, 1.165) is 19.0 Å². The molecule has 0 unspecified atom stereocenters. The molecule has 2 aromatic carbocycles. The van der Waals surface area contributed by atoms with Gasteiger partial charge in [0.05, 0.1) is 6.04 Å². The maximum Gasteiger partial charge on any atom is 0.251 e. The van der Waals surface area contributed by atoms with Crippen molar-refractivity contribution < 1.29 is 4.79 Å². The van der Waals surface area contributed by atoms with Crippen LogP contribution in [0.15, 0.2) is 55.9 Å². The van der Waals surface area contributed by atoms with Gasteiger partial charge in [0.25, 0.3) is 5.91 Å². The highest BCUT2D eigenvalue weighted by molar-refractivity contribution is 9.11. The molecule has 0 bridgehead atoms. The van der Waals surface area contributed by atoms with E-state index >= 15 is 0 Å². The largest absolute Gasteiger partial charge is 0.346 e. The van der Waals surface area contributed by atoms with E-state index in [-0.39, 0.29) is 11.9 Å². The van der Waals surface area contributed by atoms with Crippen LogP contribution in [0.5, 0.6) is 0 Å². The summed E-state index contributed by atoms with van der Waals surface area (Å²) in [6, 6.07) is 13.4. The molecule has 0 radical (unpaired) electrons. The summed E-state index contributed by atoms with van der Waals surface area (Å²) in [6.07, 6.45) is 0. The highest BCUT2D eigenvalue weighted by atomic mass is 79.9. The fraction of sp³-hybridized carbons (Fsp3) is 0.133. The van der Waals surface area contributed by atoms with E-state index in [4.69, 9.17) is 0 Å². The quantitative estimate of drug-likeness (QED) is 0.645. The third kappa shape index (κ3) is 4.17. The second-order valence-corrected chi connectivity index (χ2v) is 7.15. The zero-order valence-electron chi connectivity index (χ0n) is 10.7. The molecule has 0 saturated carbocycles. The van der Waals surface area contributed by atoms with E-state index in [1.165, 1.54) is 0 Å². The van der Waals surface area contributed by atoms with Gasteiger partial charge < -0.3 is 5.32 Å². The number of hydrogen-bond acceptors (Lipinski definition) is 1. The molecule has 0 aromatic heterocycles. The van der Waals surface area contributed by atoms with E-state index in [2.05, 4.69) is 53.1 Å². The minimum atomic E-state index is -0.0950. The first-order valence-electron chi connectivity index (χ1n) is 5.98. The predicted molar refractivity (Wildman–Crippen MR) is 91.9 cm³/mol. The van der Waals surface area contributed by atoms with Crippen LogP contribution in [-0.4, -0.2) is 5.91 Å². The predicted octanol–water partition coefficient (Wildman–Crippen LogP) is 5.47. The van der Waals surface area contributed by atoms with Crippen molar-refractivity contribution in [3.05, 3.63) is 67.0 Å². The van der Waals surface area contributed by atoms with Crippen LogP contribution in [0.3, 0.4) is 0 Å². The van der Waals surface area contributed by atoms with E-state index in [1.54, 1.807) is 12.1 Å². The summed E-state index contributed by atoms with van der Waals surface area (Å²) in [6.45, 7) is 1.97. The molecule has 0 aliphatic rings. The lowest BCUT2D eigenvalue weighted by molar-refractivity contribution is 0.0940. The number of rotatable bonds is 3. The number of hydrogen-bond donors (Lipinski definition) is 1. The van der Waals surface area contributed by atoms with Gasteiger partial charge >= 0.3 is 0 Å². The number of carbonyl (C=O) groups is 1. The van der Waals surface area contributed by atoms with Gasteiger partial charge in [-0.3, -0.25) is 4.79 Å². The maximum atomic E-state index is 12.2. The normalized spacial score (nSPS) is 12.0. The average Bonchev–Trinajstić information content (AvgIpc) is 2.38. The lowest BCUT2D eigenvalue weighted by Gasteiger charge is -2.15. The van der Waals surface area contributed by atoms with Crippen molar-refractivity contribution >= 4 is 53.7 Å². The molecule has 20 heavy (non-hydrogen) atoms. The summed E-state index contributed by atoms with van der Waals surface area (Å²) in [5.41, 5.74) is 1.69. The van der Waals surface area contributed by atoms with Crippen LogP contribution in [-0.2, 0) is 0 Å². The SMILES string of the molecule is C[C@@H](NC(=O)c1cc(Br)cc(Br)c1)c1ccc(Br)cc1. The summed E-state index contributed by atoms with van der Waals surface area (Å²) in [5.74, 6) is -0.0950. The Hall–Kier alpha value is -0.650. The first-order chi connectivity index (χ1) is 9.45. The van der Waals surface area contributed by atoms with Crippen LogP contribution in [0.1, 0.15) is 28.9 Å². The van der Waals surface area contributed by atoms with Crippen LogP contribution in [0.2, 0.25) is 0 Å². The van der Waals surface area contributed by atoms with Crippen molar-refractivity contribution in [1.82, 2.24) is 5.32 Å². The Balaban J connectivity index is 2.12. The molecule has 0 fully saturated rings. The summed E-state index contributed by atoms with van der Waals surface area (Å²) >= 11 is 10.2. The zero-order valence-corrected chi connectivity index (χ0v) is 15.4. The summed E-state index contributed by atoms with van der Waals surface area (Å²) in [5, 5.41) is 2.99. The number of nitrogens with one attached hydrogen (secondary N) is 1. The molecule has 104 valence electrons. The topological polar surface area (TPSA) is 29.1 Å². The smallest absolute Gasteiger partial charge is 0.251 e. The number of benzene rings is 2. The highest BCUT2D eigenvalue weighted by Crippen LogP contribution is 2.21. The molecular formula is C15H12Br3NO. The van der Waals surface area contributed by atoms with Gasteiger partial charge in [0, 0.05) is 19.0 Å². The molecule has 1 amide bonds. The molecule has 1 N–H and O–H groups in total. The third-order valence-corrected chi connectivity index (χ3v) is 4.29. The van der Waals surface area contributed by atoms with Gasteiger partial charge in [0.15, 0.2) is 0 Å². The molecule has 2 rings (SSSR count). The standard InChI is InChI=1S/C15H12Br3NO/c1-9(10-2-4-12(16)5-3-10)19-15(20)11-6-13(17)8-14(18)7-11/h2-9H,1H3,(H,19,20)/t9-/m1/s1. The summed E-state index contributed by atoms with van der Waals surface area (Å²) in [4.78, 5) is 12.2. The fourth-order valence-corrected chi connectivity index (χ4v) is 3.36. The molecule has 0 aliphatic carbocycles. The molecular weight excluding hydrogens is 450 g/mol. The van der Waals surface area contributed by atoms with Crippen LogP contribution in [0.4, 0.5) is 0 Å². The van der Waals surface area contributed by atoms with E-state index in [0.29, 0.717) is 5.56 Å². The third-order valence-electron chi connectivity index (χ3n) is 2.84. The van der Waals surface area contributed by atoms with Crippen molar-refractivity contribution in [3.63, 3.8) is 0 Å². The Morgan fingerprint density at radius 3 is 2.05 bits per heavy atom. The number of halogens is 3. The molecule has 0 heterocycles. The fourth-order valence-electron chi connectivity index (χ4n) is 1.80. The van der Waals surface area contributed by atoms with Gasteiger partial charge in [-0.2, -0.15) is 0 Å². The monoisotopic (exact) mass is 459 g/mol. The average molecular weight is 462 g/mol. The maximum absolute atomic E-state index is 12.2. The molecule has 2 nitrogen and oxygen atoms in total. The van der Waals surface area contributed by atoms with Crippen LogP contribution >= 0.6 is 47.8 Å². The lowest BCUT2D eigenvalue weighted by Crippen LogP contribution is -2.26. The Kier molecular flexibility index (Phi) is 5.41. The minimum Gasteiger partial charge on any atom is -0.346 e. The van der Waals surface area contributed by atoms with E-state index < -0.39 is 0 Å². The van der Waals surface area contributed by atoms with Crippen molar-refractivity contribution in [2.45, 2.75) is 13.0 Å². The van der Waals surface area contributed by atoms with Crippen molar-refractivity contribution in [2.24, 2.45) is 0 Å². The van der Waals surface area contributed by atoms with Crippen LogP contribution in [0, 0.1) is 0 Å². The summed E-state index contributed by atoms with van der Waals surface area (Å²) < 4.78 is 2.76. The molecule has 2 aromatic rings. The Labute approximate surface area is 143 Å². The van der Waals surface area contributed by atoms with Crippen molar-refractivity contribution in [2.75, 3.05) is 0 Å². The lowest BCUT2D eigenvalue weighted by atomic mass is 10.1. The Morgan fingerprint density at radius 2 is 1.50 bits per heavy atom. The van der Waals surface area contributed by atoms with Gasteiger partial charge in [-0.25, -0.2) is 0 Å². The van der Waals surface area contributed by atoms with Gasteiger partial charge in [-0.05, 0) is 42.8 Å². The number of amides is 1. The second-order valence-electron chi connectivity index (χ2n) is 4.40. The Morgan fingerprint density at radius 1 is 0.950 bits per heavy atom. The summed E-state index contributed by atoms with van der Waals surface area (Å²) in [7, 11) is 0. The second kappa shape index (κ2) is 6.87. The molecule has 0 saturated heterocycles. The van der Waals surface area contributed by atoms with Crippen molar-refractivity contribution in [3.8, 4) is 0 Å². The molecule has 0 spiro atoms. The zero-order chi connectivity index (χ0) is 14.7. The molecule has 0 aliphatic heterocycles. The Bertz CT molecular complexity index is 605. The first-order valence-corrected chi connectivity index (χ1v) is 8.36. The van der Waals surface area contributed by atoms with Gasteiger partial charge in [-0.15, -0.1) is 0 Å². The van der Waals surface area contributed by atoms with Gasteiger partial charge in [0.1, 0.15) is 0 Å². The van der Waals surface area contributed by atoms with E-state index in [1.807, 2.05) is 37.3 Å². The van der Waals surface area contributed by atoms with Gasteiger partial charge in [0.2, 0.25) is 0 Å². The van der Waals surface area contributed by atoms with Crippen LogP contribution in [0.25, 0.3) is 0 Å². The highest BCUT2D eigenvalue weighted by Gasteiger charge is 2.12. The van der Waals surface area contributed by atoms with Gasteiger partial charge in [-0.1, -0.05) is 59.9 Å². The van der Waals surface area contributed by atoms with Crippen molar-refractivity contribution in [1.29, 1.82) is 0 Å². The van der Waals surface area contributed by atoms with E-state index in [9.17, 15) is 4.79 Å². The molecule has 5 heteroatoms. The van der Waals surface area contributed by atoms with Crippen LogP contribution < -0.4 is 5.32 Å².